The van der Waals surface area contributed by atoms with Gasteiger partial charge in [-0.25, -0.2) is 24.4 Å². The van der Waals surface area contributed by atoms with Crippen LogP contribution in [0.1, 0.15) is 12.8 Å². The highest BCUT2D eigenvalue weighted by atomic mass is 16.1. The van der Waals surface area contributed by atoms with E-state index in [1.807, 2.05) is 0 Å². The third-order valence-corrected chi connectivity index (χ3v) is 2.19. The number of aliphatic imine (C=N–C) groups is 3. The quantitative estimate of drug-likeness (QED) is 0.462. The molecule has 1 aliphatic rings. The topological polar surface area (TPSA) is 88.3 Å². The van der Waals surface area contributed by atoms with Gasteiger partial charge in [0.1, 0.15) is 6.04 Å². The van der Waals surface area contributed by atoms with Crippen LogP contribution in [0.3, 0.4) is 0 Å². The van der Waals surface area contributed by atoms with Crippen molar-refractivity contribution in [2.75, 3.05) is 0 Å². The van der Waals surface area contributed by atoms with Crippen LogP contribution in [0, 0.1) is 0 Å². The molecule has 0 aromatic rings. The Balaban J connectivity index is 2.88. The Hall–Kier alpha value is -1.86. The molecule has 2 atom stereocenters. The predicted molar refractivity (Wildman–Crippen MR) is 45.0 cm³/mol. The van der Waals surface area contributed by atoms with Crippen LogP contribution >= 0.6 is 0 Å². The molecule has 6 nitrogen and oxygen atoms in total. The number of hydrogen-bond donors (Lipinski definition) is 0. The van der Waals surface area contributed by atoms with E-state index in [0.717, 1.165) is 0 Å². The highest BCUT2D eigenvalue weighted by molar-refractivity contribution is 5.39. The Bertz CT molecular complexity index is 323. The van der Waals surface area contributed by atoms with Crippen LogP contribution in [0.15, 0.2) is 15.0 Å². The molecule has 1 rings (SSSR count). The summed E-state index contributed by atoms with van der Waals surface area (Å²) in [4.78, 5) is 40.6. The molecule has 0 aliphatic heterocycles. The SMILES string of the molecule is O=C=NC1CCC(N=C=O)C1N=C=O. The molecule has 14 heavy (non-hydrogen) atoms. The van der Waals surface area contributed by atoms with Crippen molar-refractivity contribution in [1.82, 2.24) is 0 Å². The molecular formula is C8H7N3O3. The summed E-state index contributed by atoms with van der Waals surface area (Å²) in [5.41, 5.74) is 0. The summed E-state index contributed by atoms with van der Waals surface area (Å²) in [6.07, 6.45) is 5.31. The first-order chi connectivity index (χ1) is 6.83. The van der Waals surface area contributed by atoms with Crippen LogP contribution in [0.25, 0.3) is 0 Å². The van der Waals surface area contributed by atoms with Gasteiger partial charge in [-0.15, -0.1) is 0 Å². The molecule has 0 aromatic carbocycles. The Morgan fingerprint density at radius 3 is 1.57 bits per heavy atom. The monoisotopic (exact) mass is 193 g/mol. The zero-order chi connectivity index (χ0) is 10.4. The van der Waals surface area contributed by atoms with Crippen molar-refractivity contribution in [2.45, 2.75) is 31.0 Å². The summed E-state index contributed by atoms with van der Waals surface area (Å²) in [7, 11) is 0. The normalized spacial score (nSPS) is 29.6. The van der Waals surface area contributed by atoms with E-state index in [0.29, 0.717) is 12.8 Å². The lowest BCUT2D eigenvalue weighted by Crippen LogP contribution is -2.24. The van der Waals surface area contributed by atoms with Crippen molar-refractivity contribution in [3.8, 4) is 0 Å². The molecule has 0 N–H and O–H groups in total. The summed E-state index contributed by atoms with van der Waals surface area (Å²) >= 11 is 0. The van der Waals surface area contributed by atoms with Gasteiger partial charge in [0.15, 0.2) is 0 Å². The van der Waals surface area contributed by atoms with Crippen molar-refractivity contribution in [2.24, 2.45) is 15.0 Å². The lowest BCUT2D eigenvalue weighted by molar-refractivity contribution is 0.515. The van der Waals surface area contributed by atoms with Crippen molar-refractivity contribution < 1.29 is 14.4 Å². The fourth-order valence-electron chi connectivity index (χ4n) is 1.59. The highest BCUT2D eigenvalue weighted by Gasteiger charge is 2.36. The standard InChI is InChI=1S/C8H7N3O3/c12-3-9-6-1-2-7(10-4-13)8(6)11-5-14/h6-8H,1-2H2. The third-order valence-electron chi connectivity index (χ3n) is 2.19. The van der Waals surface area contributed by atoms with E-state index in [2.05, 4.69) is 15.0 Å². The molecule has 0 amide bonds. The molecule has 2 unspecified atom stereocenters. The summed E-state index contributed by atoms with van der Waals surface area (Å²) in [5.74, 6) is 0. The maximum Gasteiger partial charge on any atom is 0.235 e. The Morgan fingerprint density at radius 2 is 1.21 bits per heavy atom. The Kier molecular flexibility index (Phi) is 3.65. The molecule has 0 saturated heterocycles. The van der Waals surface area contributed by atoms with Gasteiger partial charge in [-0.1, -0.05) is 0 Å². The van der Waals surface area contributed by atoms with Gasteiger partial charge < -0.3 is 0 Å². The van der Waals surface area contributed by atoms with Gasteiger partial charge in [0.25, 0.3) is 0 Å². The van der Waals surface area contributed by atoms with Crippen LogP contribution < -0.4 is 0 Å². The van der Waals surface area contributed by atoms with E-state index in [1.165, 1.54) is 18.2 Å². The van der Waals surface area contributed by atoms with Gasteiger partial charge in [0.05, 0.1) is 12.1 Å². The first kappa shape index (κ1) is 10.2. The van der Waals surface area contributed by atoms with Gasteiger partial charge in [-0.2, -0.15) is 4.99 Å². The number of isocyanates is 3. The predicted octanol–water partition coefficient (Wildman–Crippen LogP) is -0.107. The molecule has 1 fully saturated rings. The van der Waals surface area contributed by atoms with E-state index in [1.54, 1.807) is 0 Å². The van der Waals surface area contributed by atoms with Gasteiger partial charge in [0, 0.05) is 0 Å². The van der Waals surface area contributed by atoms with Crippen LogP contribution in [0.2, 0.25) is 0 Å². The maximum atomic E-state index is 10.1. The molecule has 1 saturated carbocycles. The van der Waals surface area contributed by atoms with Crippen molar-refractivity contribution >= 4 is 18.2 Å². The summed E-state index contributed by atoms with van der Waals surface area (Å²) in [6, 6.07) is -1.41. The van der Waals surface area contributed by atoms with E-state index < -0.39 is 18.1 Å². The first-order valence-electron chi connectivity index (χ1n) is 4.04. The fraction of sp³-hybridized carbons (Fsp3) is 0.625. The molecule has 1 aliphatic carbocycles. The van der Waals surface area contributed by atoms with Gasteiger partial charge >= 0.3 is 0 Å². The molecule has 0 heterocycles. The van der Waals surface area contributed by atoms with Gasteiger partial charge in [0.2, 0.25) is 18.2 Å². The van der Waals surface area contributed by atoms with E-state index >= 15 is 0 Å². The lowest BCUT2D eigenvalue weighted by atomic mass is 10.1. The number of rotatable bonds is 3. The van der Waals surface area contributed by atoms with Crippen LogP contribution in [0.4, 0.5) is 0 Å². The summed E-state index contributed by atoms with van der Waals surface area (Å²) in [5, 5.41) is 0. The number of nitrogens with zero attached hydrogens (tertiary/aromatic N) is 3. The first-order valence-corrected chi connectivity index (χ1v) is 4.04. The average Bonchev–Trinajstić information content (AvgIpc) is 2.52. The van der Waals surface area contributed by atoms with E-state index in [4.69, 9.17) is 0 Å². The Labute approximate surface area is 79.5 Å². The minimum absolute atomic E-state index is 0.420. The second-order valence-corrected chi connectivity index (χ2v) is 2.86. The number of hydrogen-bond acceptors (Lipinski definition) is 6. The summed E-state index contributed by atoms with van der Waals surface area (Å²) in [6.45, 7) is 0. The van der Waals surface area contributed by atoms with Crippen molar-refractivity contribution in [3.63, 3.8) is 0 Å². The minimum atomic E-state index is -0.574. The molecule has 0 aromatic heterocycles. The van der Waals surface area contributed by atoms with Gasteiger partial charge in [-0.05, 0) is 12.8 Å². The van der Waals surface area contributed by atoms with Crippen molar-refractivity contribution in [1.29, 1.82) is 0 Å². The molecule has 6 heteroatoms. The molecule has 0 bridgehead atoms. The smallest absolute Gasteiger partial charge is 0.211 e. The van der Waals surface area contributed by atoms with Crippen LogP contribution in [-0.4, -0.2) is 36.4 Å². The number of carbonyl (C=O) groups excluding carboxylic acids is 3. The highest BCUT2D eigenvalue weighted by Crippen LogP contribution is 2.27. The molecule has 0 radical (unpaired) electrons. The van der Waals surface area contributed by atoms with Crippen molar-refractivity contribution in [3.05, 3.63) is 0 Å². The zero-order valence-corrected chi connectivity index (χ0v) is 7.21. The molecule has 0 spiro atoms. The van der Waals surface area contributed by atoms with Crippen LogP contribution in [-0.2, 0) is 14.4 Å². The minimum Gasteiger partial charge on any atom is -0.211 e. The van der Waals surface area contributed by atoms with E-state index in [-0.39, 0.29) is 0 Å². The van der Waals surface area contributed by atoms with Gasteiger partial charge in [-0.3, -0.25) is 0 Å². The Morgan fingerprint density at radius 1 is 0.786 bits per heavy atom. The fourth-order valence-corrected chi connectivity index (χ4v) is 1.59. The molecular weight excluding hydrogens is 186 g/mol. The lowest BCUT2D eigenvalue weighted by Gasteiger charge is -2.09. The largest absolute Gasteiger partial charge is 0.235 e. The average molecular weight is 193 g/mol. The van der Waals surface area contributed by atoms with Crippen LogP contribution in [0.5, 0.6) is 0 Å². The zero-order valence-electron chi connectivity index (χ0n) is 7.21. The maximum absolute atomic E-state index is 10.1. The van der Waals surface area contributed by atoms with E-state index in [9.17, 15) is 14.4 Å². The summed E-state index contributed by atoms with van der Waals surface area (Å²) < 4.78 is 0. The third kappa shape index (κ3) is 2.09. The molecule has 72 valence electrons. The second-order valence-electron chi connectivity index (χ2n) is 2.86. The second kappa shape index (κ2) is 5.00.